The van der Waals surface area contributed by atoms with Gasteiger partial charge in [0.15, 0.2) is 0 Å². The van der Waals surface area contributed by atoms with Gasteiger partial charge in [-0.2, -0.15) is 0 Å². The van der Waals surface area contributed by atoms with Crippen LogP contribution in [0.3, 0.4) is 0 Å². The third kappa shape index (κ3) is 2.25. The van der Waals surface area contributed by atoms with E-state index in [0.717, 1.165) is 12.8 Å². The fraction of sp³-hybridized carbons (Fsp3) is 0.583. The van der Waals surface area contributed by atoms with Gasteiger partial charge in [-0.15, -0.1) is 6.58 Å². The fourth-order valence-electron chi connectivity index (χ4n) is 1.77. The monoisotopic (exact) mass is 194 g/mol. The number of carbonyl (C=O) groups excluding carboxylic acids is 1. The molecule has 0 aromatic rings. The molecule has 14 heavy (non-hydrogen) atoms. The van der Waals surface area contributed by atoms with E-state index in [9.17, 15) is 4.79 Å². The average Bonchev–Trinajstić information content (AvgIpc) is 2.43. The van der Waals surface area contributed by atoms with Crippen LogP contribution in [-0.2, 0) is 9.53 Å². The van der Waals surface area contributed by atoms with Gasteiger partial charge in [-0.05, 0) is 12.8 Å². The number of hydrogen-bond acceptors (Lipinski definition) is 2. The van der Waals surface area contributed by atoms with Crippen LogP contribution in [0.25, 0.3) is 0 Å². The second-order valence-corrected chi connectivity index (χ2v) is 3.73. The second kappa shape index (κ2) is 4.99. The highest BCUT2D eigenvalue weighted by atomic mass is 16.6. The summed E-state index contributed by atoms with van der Waals surface area (Å²) < 4.78 is 5.21. The molecule has 2 heteroatoms. The molecule has 0 bridgehead atoms. The summed E-state index contributed by atoms with van der Waals surface area (Å²) in [5.74, 6) is -0.226. The summed E-state index contributed by atoms with van der Waals surface area (Å²) in [4.78, 5) is 11.2. The van der Waals surface area contributed by atoms with Gasteiger partial charge in [0, 0.05) is 11.5 Å². The highest BCUT2D eigenvalue weighted by molar-refractivity contribution is 5.91. The molecule has 0 saturated carbocycles. The Morgan fingerprint density at radius 1 is 1.50 bits per heavy atom. The molecular formula is C12H18O2. The fourth-order valence-corrected chi connectivity index (χ4v) is 1.77. The molecule has 78 valence electrons. The van der Waals surface area contributed by atoms with Crippen LogP contribution in [0.4, 0.5) is 0 Å². The predicted octanol–water partition coefficient (Wildman–Crippen LogP) is 2.85. The van der Waals surface area contributed by atoms with Crippen molar-refractivity contribution in [2.75, 3.05) is 0 Å². The Bertz CT molecular complexity index is 243. The molecule has 0 N–H and O–H groups in total. The summed E-state index contributed by atoms with van der Waals surface area (Å²) >= 11 is 0. The van der Waals surface area contributed by atoms with E-state index in [1.807, 2.05) is 0 Å². The van der Waals surface area contributed by atoms with E-state index in [2.05, 4.69) is 20.1 Å². The summed E-state index contributed by atoms with van der Waals surface area (Å²) in [5.41, 5.74) is 0.557. The molecule has 1 rings (SSSR count). The second-order valence-electron chi connectivity index (χ2n) is 3.73. The van der Waals surface area contributed by atoms with Gasteiger partial charge in [-0.25, -0.2) is 4.79 Å². The number of carbonyl (C=O) groups is 1. The largest absolute Gasteiger partial charge is 0.458 e. The molecule has 0 radical (unpaired) electrons. The van der Waals surface area contributed by atoms with Gasteiger partial charge in [-0.3, -0.25) is 0 Å². The third-order valence-electron chi connectivity index (χ3n) is 2.67. The van der Waals surface area contributed by atoms with E-state index in [0.29, 0.717) is 5.57 Å². The Balaban J connectivity index is 2.48. The Morgan fingerprint density at radius 3 is 2.79 bits per heavy atom. The highest BCUT2D eigenvalue weighted by Gasteiger charge is 2.35. The molecule has 0 aromatic heterocycles. The van der Waals surface area contributed by atoms with Crippen molar-refractivity contribution in [3.8, 4) is 0 Å². The first-order chi connectivity index (χ1) is 6.70. The van der Waals surface area contributed by atoms with Crippen LogP contribution >= 0.6 is 0 Å². The lowest BCUT2D eigenvalue weighted by atomic mass is 9.94. The molecule has 0 spiro atoms. The lowest BCUT2D eigenvalue weighted by Crippen LogP contribution is -2.14. The number of cyclic esters (lactones) is 1. The standard InChI is InChI=1S/C12H18O2/c1-4-6-7-8-11-10(5-2)9(3)12(13)14-11/h5,10-11H,2-4,6-8H2,1H3/t10-,11+/m1/s1. The van der Waals surface area contributed by atoms with Crippen LogP contribution in [0.5, 0.6) is 0 Å². The van der Waals surface area contributed by atoms with E-state index >= 15 is 0 Å². The first kappa shape index (κ1) is 11.0. The van der Waals surface area contributed by atoms with Crippen molar-refractivity contribution < 1.29 is 9.53 Å². The molecule has 1 aliphatic heterocycles. The number of hydrogen-bond donors (Lipinski definition) is 0. The minimum Gasteiger partial charge on any atom is -0.458 e. The summed E-state index contributed by atoms with van der Waals surface area (Å²) in [6, 6.07) is 0. The molecule has 1 heterocycles. The summed E-state index contributed by atoms with van der Waals surface area (Å²) in [6.07, 6.45) is 6.15. The zero-order chi connectivity index (χ0) is 10.6. The summed E-state index contributed by atoms with van der Waals surface area (Å²) in [7, 11) is 0. The number of esters is 1. The zero-order valence-corrected chi connectivity index (χ0v) is 8.79. The van der Waals surface area contributed by atoms with Crippen LogP contribution in [0.2, 0.25) is 0 Å². The summed E-state index contributed by atoms with van der Waals surface area (Å²) in [6.45, 7) is 9.59. The maximum atomic E-state index is 11.2. The Morgan fingerprint density at radius 2 is 2.21 bits per heavy atom. The number of ether oxygens (including phenoxy) is 1. The van der Waals surface area contributed by atoms with Crippen molar-refractivity contribution in [2.45, 2.75) is 38.7 Å². The molecule has 1 saturated heterocycles. The van der Waals surface area contributed by atoms with Gasteiger partial charge < -0.3 is 4.74 Å². The Kier molecular flexibility index (Phi) is 3.93. The van der Waals surface area contributed by atoms with E-state index < -0.39 is 0 Å². The molecule has 2 atom stereocenters. The topological polar surface area (TPSA) is 26.3 Å². The van der Waals surface area contributed by atoms with Gasteiger partial charge in [-0.1, -0.05) is 32.4 Å². The van der Waals surface area contributed by atoms with E-state index in [1.54, 1.807) is 6.08 Å². The van der Waals surface area contributed by atoms with Gasteiger partial charge >= 0.3 is 5.97 Å². The molecule has 0 amide bonds. The molecule has 1 aliphatic rings. The molecule has 0 aliphatic carbocycles. The molecule has 0 aromatic carbocycles. The third-order valence-corrected chi connectivity index (χ3v) is 2.67. The van der Waals surface area contributed by atoms with Crippen LogP contribution in [0.1, 0.15) is 32.6 Å². The first-order valence-electron chi connectivity index (χ1n) is 5.23. The lowest BCUT2D eigenvalue weighted by Gasteiger charge is -2.13. The molecular weight excluding hydrogens is 176 g/mol. The van der Waals surface area contributed by atoms with Crippen molar-refractivity contribution in [2.24, 2.45) is 5.92 Å². The number of unbranched alkanes of at least 4 members (excludes halogenated alkanes) is 2. The zero-order valence-electron chi connectivity index (χ0n) is 8.79. The maximum Gasteiger partial charge on any atom is 0.334 e. The van der Waals surface area contributed by atoms with Crippen molar-refractivity contribution in [3.05, 3.63) is 24.8 Å². The van der Waals surface area contributed by atoms with E-state index in [-0.39, 0.29) is 18.0 Å². The maximum absolute atomic E-state index is 11.2. The Hall–Kier alpha value is -1.05. The Labute approximate surface area is 85.6 Å². The van der Waals surface area contributed by atoms with Crippen LogP contribution in [0.15, 0.2) is 24.8 Å². The SMILES string of the molecule is C=C[C@@H]1C(=C)C(=O)O[C@H]1CCCCC. The smallest absolute Gasteiger partial charge is 0.334 e. The van der Waals surface area contributed by atoms with Crippen LogP contribution in [0, 0.1) is 5.92 Å². The van der Waals surface area contributed by atoms with Crippen molar-refractivity contribution >= 4 is 5.97 Å². The van der Waals surface area contributed by atoms with Crippen molar-refractivity contribution in [1.82, 2.24) is 0 Å². The van der Waals surface area contributed by atoms with Crippen molar-refractivity contribution in [3.63, 3.8) is 0 Å². The molecule has 1 fully saturated rings. The van der Waals surface area contributed by atoms with E-state index in [4.69, 9.17) is 4.74 Å². The molecule has 0 unspecified atom stereocenters. The predicted molar refractivity (Wildman–Crippen MR) is 56.8 cm³/mol. The van der Waals surface area contributed by atoms with Crippen LogP contribution < -0.4 is 0 Å². The highest BCUT2D eigenvalue weighted by Crippen LogP contribution is 2.30. The normalized spacial score (nSPS) is 26.4. The summed E-state index contributed by atoms with van der Waals surface area (Å²) in [5, 5.41) is 0. The lowest BCUT2D eigenvalue weighted by molar-refractivity contribution is -0.139. The average molecular weight is 194 g/mol. The quantitative estimate of drug-likeness (QED) is 0.291. The minimum atomic E-state index is -0.253. The number of rotatable bonds is 5. The van der Waals surface area contributed by atoms with Gasteiger partial charge in [0.25, 0.3) is 0 Å². The van der Waals surface area contributed by atoms with Crippen LogP contribution in [-0.4, -0.2) is 12.1 Å². The van der Waals surface area contributed by atoms with Crippen molar-refractivity contribution in [1.29, 1.82) is 0 Å². The molecule has 2 nitrogen and oxygen atoms in total. The minimum absolute atomic E-state index is 0.0148. The first-order valence-corrected chi connectivity index (χ1v) is 5.23. The van der Waals surface area contributed by atoms with E-state index in [1.165, 1.54) is 12.8 Å². The van der Waals surface area contributed by atoms with Gasteiger partial charge in [0.1, 0.15) is 6.10 Å². The van der Waals surface area contributed by atoms with Gasteiger partial charge in [0.2, 0.25) is 0 Å². The van der Waals surface area contributed by atoms with Gasteiger partial charge in [0.05, 0.1) is 0 Å².